The number of anilines is 2. The highest BCUT2D eigenvalue weighted by Crippen LogP contribution is 2.28. The van der Waals surface area contributed by atoms with Crippen molar-refractivity contribution in [2.75, 3.05) is 10.6 Å². The second-order valence-electron chi connectivity index (χ2n) is 5.27. The van der Waals surface area contributed by atoms with Gasteiger partial charge in [0.25, 0.3) is 5.91 Å². The third-order valence-electron chi connectivity index (χ3n) is 3.59. The lowest BCUT2D eigenvalue weighted by molar-refractivity contribution is -0.115. The van der Waals surface area contributed by atoms with Gasteiger partial charge in [0.2, 0.25) is 0 Å². The Balaban J connectivity index is 1.86. The van der Waals surface area contributed by atoms with Crippen LogP contribution in [-0.4, -0.2) is 17.0 Å². The molecule has 0 spiro atoms. The molecule has 0 aliphatic carbocycles. The van der Waals surface area contributed by atoms with Crippen molar-refractivity contribution in [1.82, 2.24) is 5.32 Å². The molecule has 1 aliphatic heterocycles. The van der Waals surface area contributed by atoms with E-state index >= 15 is 0 Å². The number of aliphatic hydroxyl groups is 1. The highest BCUT2D eigenvalue weighted by Gasteiger charge is 2.24. The average molecular weight is 345 g/mol. The average Bonchev–Trinajstić information content (AvgIpc) is 2.69. The molecule has 0 aromatic heterocycles. The van der Waals surface area contributed by atoms with Crippen molar-refractivity contribution >= 4 is 23.3 Å². The quantitative estimate of drug-likeness (QED) is 0.674. The summed E-state index contributed by atoms with van der Waals surface area (Å²) in [6, 6.07) is 8.00. The summed E-state index contributed by atoms with van der Waals surface area (Å²) in [5.41, 5.74) is 0.309. The predicted molar refractivity (Wildman–Crippen MR) is 87.0 cm³/mol. The summed E-state index contributed by atoms with van der Waals surface area (Å²) in [6.45, 7) is 0. The molecule has 0 bridgehead atoms. The molecule has 2 aromatic rings. The van der Waals surface area contributed by atoms with Crippen molar-refractivity contribution in [3.05, 3.63) is 71.5 Å². The Bertz CT molecular complexity index is 863. The molecule has 1 aliphatic rings. The third-order valence-corrected chi connectivity index (χ3v) is 3.59. The zero-order valence-corrected chi connectivity index (χ0v) is 12.7. The minimum atomic E-state index is -0.924. The van der Waals surface area contributed by atoms with Crippen LogP contribution in [0.15, 0.2) is 54.3 Å². The number of nitrogens with one attached hydrogen (secondary N) is 3. The molecular formula is C17H13F2N3O3. The fourth-order valence-corrected chi connectivity index (χ4v) is 2.42. The van der Waals surface area contributed by atoms with Gasteiger partial charge in [-0.1, -0.05) is 24.3 Å². The van der Waals surface area contributed by atoms with Crippen molar-refractivity contribution in [3.63, 3.8) is 0 Å². The molecule has 3 amide bonds. The zero-order valence-electron chi connectivity index (χ0n) is 12.7. The van der Waals surface area contributed by atoms with Gasteiger partial charge in [-0.2, -0.15) is 0 Å². The SMILES string of the molecule is O=C(Nc1c(F)cccc1F)NC1C=C(O)C(=O)Nc2ccccc21. The Morgan fingerprint density at radius 1 is 1.08 bits per heavy atom. The molecule has 0 saturated carbocycles. The molecule has 1 heterocycles. The number of fused-ring (bicyclic) bond motifs is 1. The van der Waals surface area contributed by atoms with Gasteiger partial charge in [0.05, 0.1) is 6.04 Å². The van der Waals surface area contributed by atoms with Gasteiger partial charge in [0.1, 0.15) is 17.3 Å². The molecule has 1 atom stereocenters. The van der Waals surface area contributed by atoms with Gasteiger partial charge < -0.3 is 21.1 Å². The maximum Gasteiger partial charge on any atom is 0.320 e. The number of hydrogen-bond acceptors (Lipinski definition) is 3. The normalized spacial score (nSPS) is 16.2. The second kappa shape index (κ2) is 6.60. The number of para-hydroxylation sites is 2. The molecule has 1 unspecified atom stereocenters. The number of benzene rings is 2. The number of urea groups is 1. The van der Waals surface area contributed by atoms with E-state index in [0.29, 0.717) is 11.3 Å². The number of rotatable bonds is 2. The maximum atomic E-state index is 13.6. The van der Waals surface area contributed by atoms with Crippen LogP contribution in [0.4, 0.5) is 25.0 Å². The number of aliphatic hydroxyl groups excluding tert-OH is 1. The number of halogens is 2. The smallest absolute Gasteiger partial charge is 0.320 e. The summed E-state index contributed by atoms with van der Waals surface area (Å²) in [6.07, 6.45) is 1.14. The van der Waals surface area contributed by atoms with E-state index in [1.807, 2.05) is 0 Å². The summed E-state index contributed by atoms with van der Waals surface area (Å²) in [7, 11) is 0. The lowest BCUT2D eigenvalue weighted by atomic mass is 10.1. The monoisotopic (exact) mass is 345 g/mol. The standard InChI is InChI=1S/C17H13F2N3O3/c18-10-5-3-6-11(19)15(10)22-17(25)21-13-8-14(23)16(24)20-12-7-2-1-4-9(12)13/h1-8,13,23H,(H,20,24)(H2,21,22,25). The lowest BCUT2D eigenvalue weighted by Crippen LogP contribution is -2.32. The molecule has 4 N–H and O–H groups in total. The van der Waals surface area contributed by atoms with Gasteiger partial charge in [-0.15, -0.1) is 0 Å². The van der Waals surface area contributed by atoms with Gasteiger partial charge >= 0.3 is 6.03 Å². The second-order valence-corrected chi connectivity index (χ2v) is 5.27. The molecule has 128 valence electrons. The Morgan fingerprint density at radius 3 is 2.48 bits per heavy atom. The van der Waals surface area contributed by atoms with Crippen molar-refractivity contribution < 1.29 is 23.5 Å². The van der Waals surface area contributed by atoms with Gasteiger partial charge in [0.15, 0.2) is 5.76 Å². The Kier molecular flexibility index (Phi) is 4.34. The van der Waals surface area contributed by atoms with E-state index in [4.69, 9.17) is 0 Å². The highest BCUT2D eigenvalue weighted by molar-refractivity contribution is 6.03. The van der Waals surface area contributed by atoms with Crippen molar-refractivity contribution in [1.29, 1.82) is 0 Å². The van der Waals surface area contributed by atoms with E-state index in [-0.39, 0.29) is 0 Å². The first kappa shape index (κ1) is 16.4. The summed E-state index contributed by atoms with van der Waals surface area (Å²) >= 11 is 0. The topological polar surface area (TPSA) is 90.5 Å². The van der Waals surface area contributed by atoms with Crippen LogP contribution in [-0.2, 0) is 4.79 Å². The third kappa shape index (κ3) is 3.42. The van der Waals surface area contributed by atoms with Gasteiger partial charge in [-0.25, -0.2) is 13.6 Å². The van der Waals surface area contributed by atoms with Gasteiger partial charge in [0, 0.05) is 11.3 Å². The molecule has 0 radical (unpaired) electrons. The molecule has 3 rings (SSSR count). The van der Waals surface area contributed by atoms with E-state index in [9.17, 15) is 23.5 Å². The molecule has 6 nitrogen and oxygen atoms in total. The zero-order chi connectivity index (χ0) is 18.0. The lowest BCUT2D eigenvalue weighted by Gasteiger charge is -2.17. The molecular weight excluding hydrogens is 332 g/mol. The fraction of sp³-hybridized carbons (Fsp3) is 0.0588. The Labute approximate surface area is 141 Å². The molecule has 8 heteroatoms. The van der Waals surface area contributed by atoms with Crippen molar-refractivity contribution in [3.8, 4) is 0 Å². The van der Waals surface area contributed by atoms with Crippen molar-refractivity contribution in [2.24, 2.45) is 0 Å². The van der Waals surface area contributed by atoms with E-state index in [1.54, 1.807) is 24.3 Å². The van der Waals surface area contributed by atoms with Crippen LogP contribution in [0, 0.1) is 11.6 Å². The highest BCUT2D eigenvalue weighted by atomic mass is 19.1. The van der Waals surface area contributed by atoms with Gasteiger partial charge in [-0.05, 0) is 24.3 Å². The maximum absolute atomic E-state index is 13.6. The van der Waals surface area contributed by atoms with E-state index < -0.39 is 41.1 Å². The molecule has 0 saturated heterocycles. The minimum absolute atomic E-state index is 0.398. The number of hydrogen-bond donors (Lipinski definition) is 4. The first-order chi connectivity index (χ1) is 12.0. The van der Waals surface area contributed by atoms with Crippen LogP contribution in [0.2, 0.25) is 0 Å². The first-order valence-corrected chi connectivity index (χ1v) is 7.28. The molecule has 2 aromatic carbocycles. The van der Waals surface area contributed by atoms with Crippen LogP contribution < -0.4 is 16.0 Å². The largest absolute Gasteiger partial charge is 0.503 e. The minimum Gasteiger partial charge on any atom is -0.503 e. The van der Waals surface area contributed by atoms with E-state index in [0.717, 1.165) is 18.2 Å². The summed E-state index contributed by atoms with van der Waals surface area (Å²) < 4.78 is 27.2. The Hall–Kier alpha value is -3.42. The number of amides is 3. The molecule has 25 heavy (non-hydrogen) atoms. The summed E-state index contributed by atoms with van der Waals surface area (Å²) in [5, 5.41) is 16.8. The van der Waals surface area contributed by atoms with Gasteiger partial charge in [-0.3, -0.25) is 4.79 Å². The number of carbonyl (C=O) groups is 2. The van der Waals surface area contributed by atoms with E-state index in [1.165, 1.54) is 6.07 Å². The van der Waals surface area contributed by atoms with Crippen LogP contribution in [0.25, 0.3) is 0 Å². The molecule has 0 fully saturated rings. The summed E-state index contributed by atoms with van der Waals surface area (Å²) in [5.74, 6) is -3.16. The predicted octanol–water partition coefficient (Wildman–Crippen LogP) is 3.22. The van der Waals surface area contributed by atoms with Crippen molar-refractivity contribution in [2.45, 2.75) is 6.04 Å². The first-order valence-electron chi connectivity index (χ1n) is 7.28. The van der Waals surface area contributed by atoms with Crippen LogP contribution in [0.1, 0.15) is 11.6 Å². The Morgan fingerprint density at radius 2 is 1.76 bits per heavy atom. The van der Waals surface area contributed by atoms with E-state index in [2.05, 4.69) is 16.0 Å². The van der Waals surface area contributed by atoms with Crippen LogP contribution in [0.5, 0.6) is 0 Å². The fourth-order valence-electron chi connectivity index (χ4n) is 2.42. The van der Waals surface area contributed by atoms with Crippen LogP contribution >= 0.6 is 0 Å². The van der Waals surface area contributed by atoms with Crippen LogP contribution in [0.3, 0.4) is 0 Å². The summed E-state index contributed by atoms with van der Waals surface area (Å²) in [4.78, 5) is 23.9. The number of carbonyl (C=O) groups excluding carboxylic acids is 2.